The van der Waals surface area contributed by atoms with Crippen LogP contribution in [0.15, 0.2) is 164 Å². The van der Waals surface area contributed by atoms with Crippen LogP contribution < -0.4 is 9.80 Å². The lowest BCUT2D eigenvalue weighted by Crippen LogP contribution is -2.28. The zero-order chi connectivity index (χ0) is 29.5. The smallest absolute Gasteiger partial charge is 0.123 e. The summed E-state index contributed by atoms with van der Waals surface area (Å²) in [6, 6.07) is 51.5. The zero-order valence-electron chi connectivity index (χ0n) is 24.6. The Kier molecular flexibility index (Phi) is 5.11. The van der Waals surface area contributed by atoms with Gasteiger partial charge >= 0.3 is 0 Å². The number of nitrogens with zero attached hydrogens (tertiary/aromatic N) is 3. The molecular formula is C42H29N3. The molecule has 1 aromatic heterocycles. The third-order valence-electron chi connectivity index (χ3n) is 9.81. The third-order valence-corrected chi connectivity index (χ3v) is 9.81. The molecule has 0 fully saturated rings. The van der Waals surface area contributed by atoms with E-state index in [0.29, 0.717) is 5.92 Å². The highest BCUT2D eigenvalue weighted by atomic mass is 15.3. The molecule has 10 rings (SSSR count). The van der Waals surface area contributed by atoms with Gasteiger partial charge in [0.15, 0.2) is 0 Å². The predicted molar refractivity (Wildman–Crippen MR) is 188 cm³/mol. The van der Waals surface area contributed by atoms with Crippen molar-refractivity contribution in [2.75, 3.05) is 9.80 Å². The van der Waals surface area contributed by atoms with E-state index in [9.17, 15) is 0 Å². The van der Waals surface area contributed by atoms with Crippen molar-refractivity contribution >= 4 is 50.2 Å². The van der Waals surface area contributed by atoms with Gasteiger partial charge in [-0.2, -0.15) is 0 Å². The van der Waals surface area contributed by atoms with Gasteiger partial charge in [0, 0.05) is 39.5 Å². The van der Waals surface area contributed by atoms with Crippen LogP contribution >= 0.6 is 0 Å². The number of para-hydroxylation sites is 3. The van der Waals surface area contributed by atoms with E-state index in [-0.39, 0.29) is 6.04 Å². The van der Waals surface area contributed by atoms with E-state index in [1.54, 1.807) is 0 Å². The molecule has 0 amide bonds. The SMILES string of the molecule is C1=CC2c3ccccc3N(c3cccc(N4c5ccc6ccccc6c5-c5ccccc5-n5c4cc4ccccc45)c3)C2C=C1. The van der Waals surface area contributed by atoms with Gasteiger partial charge < -0.3 is 4.90 Å². The van der Waals surface area contributed by atoms with Crippen LogP contribution in [0.5, 0.6) is 0 Å². The average Bonchev–Trinajstić information content (AvgIpc) is 3.61. The fraction of sp³-hybridized carbons (Fsp3) is 0.0476. The summed E-state index contributed by atoms with van der Waals surface area (Å²) in [5, 5.41) is 3.73. The van der Waals surface area contributed by atoms with Crippen molar-refractivity contribution in [2.45, 2.75) is 12.0 Å². The largest absolute Gasteiger partial charge is 0.333 e. The molecule has 0 saturated heterocycles. The van der Waals surface area contributed by atoms with Gasteiger partial charge in [0.25, 0.3) is 0 Å². The van der Waals surface area contributed by atoms with Crippen molar-refractivity contribution in [2.24, 2.45) is 0 Å². The quantitative estimate of drug-likeness (QED) is 0.203. The summed E-state index contributed by atoms with van der Waals surface area (Å²) in [5.74, 6) is 1.48. The average molecular weight is 576 g/mol. The minimum atomic E-state index is 0.249. The highest BCUT2D eigenvalue weighted by Crippen LogP contribution is 2.52. The number of aromatic nitrogens is 1. The van der Waals surface area contributed by atoms with Gasteiger partial charge in [0.05, 0.1) is 22.9 Å². The highest BCUT2D eigenvalue weighted by Gasteiger charge is 2.37. The van der Waals surface area contributed by atoms with Crippen LogP contribution in [0, 0.1) is 0 Å². The van der Waals surface area contributed by atoms with Crippen molar-refractivity contribution in [1.82, 2.24) is 4.57 Å². The number of allylic oxidation sites excluding steroid dienone is 2. The van der Waals surface area contributed by atoms with Gasteiger partial charge in [-0.3, -0.25) is 9.47 Å². The summed E-state index contributed by atoms with van der Waals surface area (Å²) in [5.41, 5.74) is 11.1. The molecule has 0 bridgehead atoms. The van der Waals surface area contributed by atoms with Gasteiger partial charge in [-0.25, -0.2) is 0 Å². The molecular weight excluding hydrogens is 546 g/mol. The van der Waals surface area contributed by atoms with Gasteiger partial charge in [0.2, 0.25) is 0 Å². The monoisotopic (exact) mass is 575 g/mol. The first-order valence-corrected chi connectivity index (χ1v) is 15.7. The van der Waals surface area contributed by atoms with Crippen molar-refractivity contribution in [3.63, 3.8) is 0 Å². The molecule has 6 aromatic carbocycles. The highest BCUT2D eigenvalue weighted by molar-refractivity contribution is 6.09. The predicted octanol–water partition coefficient (Wildman–Crippen LogP) is 11.0. The van der Waals surface area contributed by atoms with Crippen LogP contribution in [0.2, 0.25) is 0 Å². The summed E-state index contributed by atoms with van der Waals surface area (Å²) >= 11 is 0. The first-order valence-electron chi connectivity index (χ1n) is 15.7. The van der Waals surface area contributed by atoms with Gasteiger partial charge in [-0.05, 0) is 64.9 Å². The molecule has 2 unspecified atom stereocenters. The number of hydrogen-bond donors (Lipinski definition) is 0. The standard InChI is InChI=1S/C42H29N3/c1-3-16-32-28(12-1)24-25-40-42(32)35-19-6-10-23-39(35)45-36-20-7-2-13-29(36)26-41(45)44(40)31-15-11-14-30(27-31)43-37-21-8-4-17-33(37)34-18-5-9-22-38(34)43/h1-27,33,37H. The lowest BCUT2D eigenvalue weighted by Gasteiger charge is -2.31. The van der Waals surface area contributed by atoms with E-state index >= 15 is 0 Å². The van der Waals surface area contributed by atoms with Crippen LogP contribution in [0.1, 0.15) is 11.5 Å². The molecule has 3 nitrogen and oxygen atoms in total. The lowest BCUT2D eigenvalue weighted by molar-refractivity contribution is 0.745. The number of rotatable bonds is 2. The molecule has 212 valence electrons. The summed E-state index contributed by atoms with van der Waals surface area (Å²) in [6.07, 6.45) is 9.07. The summed E-state index contributed by atoms with van der Waals surface area (Å²) < 4.78 is 2.45. The van der Waals surface area contributed by atoms with Crippen LogP contribution in [0.3, 0.4) is 0 Å². The molecule has 2 aliphatic heterocycles. The molecule has 3 aliphatic rings. The summed E-state index contributed by atoms with van der Waals surface area (Å²) in [6.45, 7) is 0. The van der Waals surface area contributed by atoms with Crippen molar-refractivity contribution in [1.29, 1.82) is 0 Å². The van der Waals surface area contributed by atoms with Crippen LogP contribution in [0.4, 0.5) is 28.6 Å². The second-order valence-corrected chi connectivity index (χ2v) is 12.2. The van der Waals surface area contributed by atoms with E-state index in [1.165, 1.54) is 61.1 Å². The Hall–Kier alpha value is -5.80. The summed E-state index contributed by atoms with van der Waals surface area (Å²) in [4.78, 5) is 4.99. The first kappa shape index (κ1) is 24.6. The normalized spacial score (nSPS) is 17.5. The Morgan fingerprint density at radius 1 is 0.511 bits per heavy atom. The zero-order valence-corrected chi connectivity index (χ0v) is 24.6. The lowest BCUT2D eigenvalue weighted by atomic mass is 9.91. The second-order valence-electron chi connectivity index (χ2n) is 12.2. The second kappa shape index (κ2) is 9.35. The minimum absolute atomic E-state index is 0.249. The number of fused-ring (bicyclic) bond motifs is 12. The van der Waals surface area contributed by atoms with Crippen LogP contribution in [-0.4, -0.2) is 10.6 Å². The van der Waals surface area contributed by atoms with E-state index < -0.39 is 0 Å². The Bertz CT molecular complexity index is 2370. The fourth-order valence-electron chi connectivity index (χ4n) is 7.93. The van der Waals surface area contributed by atoms with E-state index in [2.05, 4.69) is 178 Å². The van der Waals surface area contributed by atoms with Crippen molar-refractivity contribution < 1.29 is 0 Å². The van der Waals surface area contributed by atoms with E-state index in [0.717, 1.165) is 11.5 Å². The van der Waals surface area contributed by atoms with Gasteiger partial charge in [-0.15, -0.1) is 0 Å². The maximum absolute atomic E-state index is 2.52. The molecule has 7 aromatic rings. The van der Waals surface area contributed by atoms with Crippen LogP contribution in [-0.2, 0) is 0 Å². The number of benzene rings is 6. The molecule has 45 heavy (non-hydrogen) atoms. The Morgan fingerprint density at radius 3 is 2.22 bits per heavy atom. The summed E-state index contributed by atoms with van der Waals surface area (Å²) in [7, 11) is 0. The van der Waals surface area contributed by atoms with Gasteiger partial charge in [0.1, 0.15) is 5.82 Å². The molecule has 0 saturated carbocycles. The molecule has 2 atom stereocenters. The number of hydrogen-bond acceptors (Lipinski definition) is 2. The minimum Gasteiger partial charge on any atom is -0.333 e. The maximum Gasteiger partial charge on any atom is 0.123 e. The topological polar surface area (TPSA) is 11.4 Å². The third kappa shape index (κ3) is 3.46. The Balaban J connectivity index is 1.26. The van der Waals surface area contributed by atoms with Crippen molar-refractivity contribution in [3.8, 4) is 16.8 Å². The molecule has 3 heterocycles. The van der Waals surface area contributed by atoms with Crippen LogP contribution in [0.25, 0.3) is 38.5 Å². The van der Waals surface area contributed by atoms with E-state index in [4.69, 9.17) is 0 Å². The molecule has 0 radical (unpaired) electrons. The maximum atomic E-state index is 2.52. The Morgan fingerprint density at radius 2 is 1.27 bits per heavy atom. The molecule has 0 N–H and O–H groups in total. The molecule has 0 spiro atoms. The molecule has 1 aliphatic carbocycles. The van der Waals surface area contributed by atoms with E-state index in [1.807, 2.05) is 0 Å². The van der Waals surface area contributed by atoms with Crippen molar-refractivity contribution in [3.05, 3.63) is 169 Å². The first-order chi connectivity index (χ1) is 22.3. The molecule has 3 heteroatoms. The fourth-order valence-corrected chi connectivity index (χ4v) is 7.93. The van der Waals surface area contributed by atoms with Gasteiger partial charge in [-0.1, -0.05) is 115 Å². The number of anilines is 5. The Labute approximate surface area is 262 Å².